The van der Waals surface area contributed by atoms with Gasteiger partial charge in [-0.05, 0) is 28.8 Å². The minimum Gasteiger partial charge on any atom is -0.497 e. The summed E-state index contributed by atoms with van der Waals surface area (Å²) < 4.78 is 20.0. The van der Waals surface area contributed by atoms with Crippen LogP contribution in [0.15, 0.2) is 90.0 Å². The van der Waals surface area contributed by atoms with E-state index >= 15 is 0 Å². The lowest BCUT2D eigenvalue weighted by Gasteiger charge is -2.37. The fraction of sp³-hybridized carbons (Fsp3) is 0.294. The Morgan fingerprint density at radius 3 is 2.41 bits per heavy atom. The summed E-state index contributed by atoms with van der Waals surface area (Å²) in [4.78, 5) is 35.8. The standard InChI is InChI=1S/C34H35N5O7/c1-19(2)27(40)20-12-14-22(15-13-20)34(21-8-5-4-6-9-21,23-10-7-11-24(16-23)44-3)45-17-25-28(41)29(42)32(46-25)39-18-36-26-30(39)37-33(35)38-31(26)43/h4-16,18-19,25,28-29,32,41-42H,17H2,1-3H3,(H3,35,37,38,43)/t25-,28-,29-,32-,34?/m1/s1. The number of nitrogens with two attached hydrogens (primary N) is 1. The first-order valence-electron chi connectivity index (χ1n) is 14.9. The first-order valence-corrected chi connectivity index (χ1v) is 14.9. The van der Waals surface area contributed by atoms with Crippen molar-refractivity contribution in [3.8, 4) is 5.75 Å². The first-order chi connectivity index (χ1) is 22.1. The molecule has 46 heavy (non-hydrogen) atoms. The average molecular weight is 626 g/mol. The van der Waals surface area contributed by atoms with Gasteiger partial charge in [-0.2, -0.15) is 4.98 Å². The molecule has 0 spiro atoms. The van der Waals surface area contributed by atoms with Gasteiger partial charge >= 0.3 is 0 Å². The molecule has 12 heteroatoms. The minimum atomic E-state index is -1.41. The molecule has 0 bridgehead atoms. The second-order valence-corrected chi connectivity index (χ2v) is 11.5. The SMILES string of the molecule is COc1cccc(C(OC[C@H]2O[C@@H](n3cnc4c(=O)[nH]c(N)nc43)[C@H](O)[C@@H]2O)(c2ccccc2)c2ccc(C(=O)C(C)C)cc2)c1. The summed E-state index contributed by atoms with van der Waals surface area (Å²) >= 11 is 0. The molecule has 1 saturated heterocycles. The van der Waals surface area contributed by atoms with Crippen molar-refractivity contribution in [2.75, 3.05) is 19.5 Å². The van der Waals surface area contributed by atoms with Crippen LogP contribution in [0.3, 0.4) is 0 Å². The van der Waals surface area contributed by atoms with Crippen LogP contribution in [0.25, 0.3) is 11.2 Å². The number of nitrogen functional groups attached to an aromatic ring is 1. The molecule has 3 heterocycles. The fourth-order valence-electron chi connectivity index (χ4n) is 5.90. The van der Waals surface area contributed by atoms with E-state index in [4.69, 9.17) is 19.9 Å². The Kier molecular flexibility index (Phi) is 8.45. The number of anilines is 1. The number of rotatable bonds is 10. The van der Waals surface area contributed by atoms with Gasteiger partial charge in [0.25, 0.3) is 5.56 Å². The van der Waals surface area contributed by atoms with E-state index < -0.39 is 35.7 Å². The quantitative estimate of drug-likeness (QED) is 0.133. The van der Waals surface area contributed by atoms with Crippen molar-refractivity contribution in [1.82, 2.24) is 19.5 Å². The van der Waals surface area contributed by atoms with Crippen LogP contribution in [0, 0.1) is 5.92 Å². The topological polar surface area (TPSA) is 175 Å². The number of aliphatic hydroxyl groups is 2. The third-order valence-corrected chi connectivity index (χ3v) is 8.28. The number of ether oxygens (including phenoxy) is 3. The summed E-state index contributed by atoms with van der Waals surface area (Å²) in [5.74, 6) is 0.331. The predicted molar refractivity (Wildman–Crippen MR) is 169 cm³/mol. The highest BCUT2D eigenvalue weighted by Gasteiger charge is 2.47. The van der Waals surface area contributed by atoms with E-state index in [9.17, 15) is 19.8 Å². The van der Waals surface area contributed by atoms with Crippen LogP contribution in [0.2, 0.25) is 0 Å². The third kappa shape index (κ3) is 5.45. The Labute approximate surface area is 264 Å². The number of aromatic amines is 1. The molecule has 5 atom stereocenters. The number of aromatic nitrogens is 4. The number of carbonyl (C=O) groups is 1. The van der Waals surface area contributed by atoms with E-state index in [0.717, 1.165) is 16.7 Å². The lowest BCUT2D eigenvalue weighted by molar-refractivity contribution is -0.0942. The van der Waals surface area contributed by atoms with Crippen molar-refractivity contribution in [3.05, 3.63) is 118 Å². The zero-order valence-corrected chi connectivity index (χ0v) is 25.5. The van der Waals surface area contributed by atoms with Gasteiger partial charge in [0, 0.05) is 11.5 Å². The molecule has 1 aliphatic heterocycles. The summed E-state index contributed by atoms with van der Waals surface area (Å²) in [7, 11) is 1.58. The number of methoxy groups -OCH3 is 1. The van der Waals surface area contributed by atoms with Crippen molar-refractivity contribution in [2.45, 2.75) is 44.0 Å². The van der Waals surface area contributed by atoms with Gasteiger partial charge in [-0.25, -0.2) is 4.98 Å². The lowest BCUT2D eigenvalue weighted by Crippen LogP contribution is -2.39. The van der Waals surface area contributed by atoms with E-state index in [0.29, 0.717) is 11.3 Å². The molecule has 238 valence electrons. The number of nitrogens with one attached hydrogen (secondary N) is 1. The number of hydrogen-bond acceptors (Lipinski definition) is 10. The van der Waals surface area contributed by atoms with Gasteiger partial charge in [0.05, 0.1) is 20.0 Å². The molecule has 12 nitrogen and oxygen atoms in total. The molecule has 0 saturated carbocycles. The van der Waals surface area contributed by atoms with Crippen LogP contribution in [0.5, 0.6) is 5.75 Å². The van der Waals surface area contributed by atoms with Gasteiger partial charge in [-0.15, -0.1) is 0 Å². The lowest BCUT2D eigenvalue weighted by atomic mass is 9.79. The minimum absolute atomic E-state index is 0.0136. The Morgan fingerprint density at radius 2 is 1.72 bits per heavy atom. The van der Waals surface area contributed by atoms with E-state index in [-0.39, 0.29) is 35.4 Å². The number of H-pyrrole nitrogens is 1. The highest BCUT2D eigenvalue weighted by atomic mass is 16.6. The van der Waals surface area contributed by atoms with Crippen molar-refractivity contribution in [2.24, 2.45) is 5.92 Å². The van der Waals surface area contributed by atoms with E-state index in [1.54, 1.807) is 19.2 Å². The van der Waals surface area contributed by atoms with Crippen molar-refractivity contribution in [3.63, 3.8) is 0 Å². The molecule has 1 aliphatic rings. The molecule has 0 amide bonds. The molecule has 0 aliphatic carbocycles. The van der Waals surface area contributed by atoms with Crippen LogP contribution >= 0.6 is 0 Å². The van der Waals surface area contributed by atoms with Crippen molar-refractivity contribution < 1.29 is 29.2 Å². The second-order valence-electron chi connectivity index (χ2n) is 11.5. The van der Waals surface area contributed by atoms with Gasteiger partial charge in [-0.1, -0.05) is 80.6 Å². The number of Topliss-reactive ketones (excluding diaryl/α,β-unsaturated/α-hetero) is 1. The van der Waals surface area contributed by atoms with E-state index in [2.05, 4.69) is 15.0 Å². The highest BCUT2D eigenvalue weighted by Crippen LogP contribution is 2.43. The number of ketones is 1. The monoisotopic (exact) mass is 625 g/mol. The number of aliphatic hydroxyl groups excluding tert-OH is 2. The van der Waals surface area contributed by atoms with Crippen LogP contribution in [0.4, 0.5) is 5.95 Å². The maximum atomic E-state index is 12.8. The number of carbonyl (C=O) groups excluding carboxylic acids is 1. The van der Waals surface area contributed by atoms with Gasteiger partial charge in [-0.3, -0.25) is 19.1 Å². The van der Waals surface area contributed by atoms with Gasteiger partial charge < -0.3 is 30.2 Å². The summed E-state index contributed by atoms with van der Waals surface area (Å²) in [5, 5.41) is 22.3. The molecule has 5 N–H and O–H groups in total. The van der Waals surface area contributed by atoms with Crippen LogP contribution < -0.4 is 16.0 Å². The van der Waals surface area contributed by atoms with Crippen LogP contribution in [-0.4, -0.2) is 67.5 Å². The normalized spacial score (nSPS) is 21.0. The molecule has 6 rings (SSSR count). The zero-order chi connectivity index (χ0) is 32.6. The van der Waals surface area contributed by atoms with E-state index in [1.807, 2.05) is 80.6 Å². The summed E-state index contributed by atoms with van der Waals surface area (Å²) in [5.41, 5.74) is 6.87. The Hall–Kier alpha value is -4.88. The molecular weight excluding hydrogens is 590 g/mol. The maximum absolute atomic E-state index is 12.8. The molecule has 1 unspecified atom stereocenters. The Balaban J connectivity index is 1.41. The predicted octanol–water partition coefficient (Wildman–Crippen LogP) is 3.18. The molecule has 2 aromatic heterocycles. The molecule has 0 radical (unpaired) electrons. The fourth-order valence-corrected chi connectivity index (χ4v) is 5.90. The largest absolute Gasteiger partial charge is 0.497 e. The summed E-state index contributed by atoms with van der Waals surface area (Å²) in [6, 6.07) is 24.3. The smallest absolute Gasteiger partial charge is 0.280 e. The Bertz CT molecular complexity index is 1910. The maximum Gasteiger partial charge on any atom is 0.280 e. The molecular formula is C34H35N5O7. The van der Waals surface area contributed by atoms with Gasteiger partial charge in [0.15, 0.2) is 23.2 Å². The number of hydrogen-bond donors (Lipinski definition) is 4. The first kappa shape index (κ1) is 31.1. The number of nitrogens with zero attached hydrogens (tertiary/aromatic N) is 3. The van der Waals surface area contributed by atoms with Crippen molar-refractivity contribution in [1.29, 1.82) is 0 Å². The highest BCUT2D eigenvalue weighted by molar-refractivity contribution is 5.97. The van der Waals surface area contributed by atoms with Crippen LogP contribution in [0.1, 0.15) is 47.1 Å². The van der Waals surface area contributed by atoms with Gasteiger partial charge in [0.2, 0.25) is 5.95 Å². The Morgan fingerprint density at radius 1 is 1.02 bits per heavy atom. The van der Waals surface area contributed by atoms with Crippen molar-refractivity contribution >= 4 is 22.9 Å². The molecule has 5 aromatic rings. The zero-order valence-electron chi connectivity index (χ0n) is 25.5. The average Bonchev–Trinajstić information content (AvgIpc) is 3.61. The summed E-state index contributed by atoms with van der Waals surface area (Å²) in [6.07, 6.45) is -3.61. The summed E-state index contributed by atoms with van der Waals surface area (Å²) in [6.45, 7) is 3.54. The second kappa shape index (κ2) is 12.5. The van der Waals surface area contributed by atoms with Crippen LogP contribution in [-0.2, 0) is 15.1 Å². The third-order valence-electron chi connectivity index (χ3n) is 8.28. The molecule has 3 aromatic carbocycles. The number of benzene rings is 3. The van der Waals surface area contributed by atoms with E-state index in [1.165, 1.54) is 10.9 Å². The van der Waals surface area contributed by atoms with Gasteiger partial charge in [0.1, 0.15) is 29.7 Å². The number of imidazole rings is 1. The number of fused-ring (bicyclic) bond motifs is 1. The molecule has 1 fully saturated rings.